The lowest BCUT2D eigenvalue weighted by Crippen LogP contribution is -2.23. The summed E-state index contributed by atoms with van der Waals surface area (Å²) in [6.45, 7) is 17.6. The van der Waals surface area contributed by atoms with Crippen LogP contribution >= 0.6 is 0 Å². The van der Waals surface area contributed by atoms with Crippen molar-refractivity contribution in [1.29, 1.82) is 0 Å². The second kappa shape index (κ2) is 16.4. The predicted molar refractivity (Wildman–Crippen MR) is 231 cm³/mol. The quantitative estimate of drug-likeness (QED) is 0.140. The van der Waals surface area contributed by atoms with Crippen LogP contribution in [0.1, 0.15) is 72.9 Å². The van der Waals surface area contributed by atoms with Gasteiger partial charge in [-0.25, -0.2) is 0 Å². The largest absolute Gasteiger partial charge is 0.456 e. The average Bonchev–Trinajstić information content (AvgIpc) is 3.67. The molecule has 2 nitrogen and oxygen atoms in total. The summed E-state index contributed by atoms with van der Waals surface area (Å²) < 4.78 is 6.10. The van der Waals surface area contributed by atoms with Crippen molar-refractivity contribution < 1.29 is 4.42 Å². The third-order valence-corrected chi connectivity index (χ3v) is 10.6. The second-order valence-electron chi connectivity index (χ2n) is 14.3. The smallest absolute Gasteiger partial charge is 0.135 e. The number of anilines is 2. The number of allylic oxidation sites excluding steroid dienone is 9. The number of benzene rings is 5. The van der Waals surface area contributed by atoms with E-state index in [9.17, 15) is 0 Å². The van der Waals surface area contributed by atoms with Crippen molar-refractivity contribution >= 4 is 33.3 Å². The van der Waals surface area contributed by atoms with Crippen molar-refractivity contribution in [3.05, 3.63) is 180 Å². The van der Waals surface area contributed by atoms with Crippen molar-refractivity contribution in [2.75, 3.05) is 4.90 Å². The van der Waals surface area contributed by atoms with Crippen molar-refractivity contribution in [2.45, 2.75) is 67.2 Å². The Labute approximate surface area is 317 Å². The maximum Gasteiger partial charge on any atom is 0.135 e. The van der Waals surface area contributed by atoms with Crippen molar-refractivity contribution in [2.24, 2.45) is 5.92 Å². The van der Waals surface area contributed by atoms with Crippen LogP contribution in [-0.2, 0) is 5.41 Å². The van der Waals surface area contributed by atoms with Gasteiger partial charge < -0.3 is 9.32 Å². The lowest BCUT2D eigenvalue weighted by molar-refractivity contribution is 0.660. The standard InChI is InChI=1S/C45H43NO.C6H10/c1-7-9-10-15-30(3)31(4)42(8-2)46(35-25-26-37-36-16-11-13-18-40(36)45(5,6)41(37)29-35)34-23-20-32(21-24-34)33-22-27-44-39(28-33)38-17-12-14-19-43(38)47-44;1-3-5-6-4-2/h8-29,31H,7H2,1-6H3;3-6H,1-2H3/b10-9-,30-15+,42-8+;5-3-,6-4-. The highest BCUT2D eigenvalue weighted by Gasteiger charge is 2.36. The summed E-state index contributed by atoms with van der Waals surface area (Å²) in [5.41, 5.74) is 14.5. The van der Waals surface area contributed by atoms with E-state index < -0.39 is 0 Å². The van der Waals surface area contributed by atoms with Gasteiger partial charge in [0.1, 0.15) is 11.2 Å². The summed E-state index contributed by atoms with van der Waals surface area (Å²) >= 11 is 0. The molecule has 1 aliphatic rings. The number of para-hydroxylation sites is 1. The molecule has 0 aliphatic heterocycles. The molecule has 0 spiro atoms. The van der Waals surface area contributed by atoms with Crippen LogP contribution in [-0.4, -0.2) is 0 Å². The topological polar surface area (TPSA) is 16.4 Å². The molecule has 0 amide bonds. The molecule has 0 saturated heterocycles. The van der Waals surface area contributed by atoms with E-state index in [0.717, 1.165) is 34.0 Å². The molecule has 6 aromatic rings. The van der Waals surface area contributed by atoms with Gasteiger partial charge in [-0.1, -0.05) is 149 Å². The summed E-state index contributed by atoms with van der Waals surface area (Å²) in [7, 11) is 0. The van der Waals surface area contributed by atoms with Gasteiger partial charge in [0.15, 0.2) is 0 Å². The zero-order chi connectivity index (χ0) is 37.5. The Kier molecular flexibility index (Phi) is 11.5. The van der Waals surface area contributed by atoms with Crippen LogP contribution in [0.2, 0.25) is 0 Å². The first-order valence-electron chi connectivity index (χ1n) is 19.0. The van der Waals surface area contributed by atoms with Crippen LogP contribution in [0.3, 0.4) is 0 Å². The lowest BCUT2D eigenvalue weighted by atomic mass is 9.82. The zero-order valence-corrected chi connectivity index (χ0v) is 32.7. The Morgan fingerprint density at radius 2 is 1.32 bits per heavy atom. The maximum absolute atomic E-state index is 6.10. The van der Waals surface area contributed by atoms with Gasteiger partial charge in [0.25, 0.3) is 0 Å². The molecule has 2 heteroatoms. The minimum atomic E-state index is -0.0736. The van der Waals surface area contributed by atoms with E-state index in [0.29, 0.717) is 0 Å². The summed E-state index contributed by atoms with van der Waals surface area (Å²) in [6.07, 6.45) is 18.0. The minimum Gasteiger partial charge on any atom is -0.456 e. The summed E-state index contributed by atoms with van der Waals surface area (Å²) in [5, 5.41) is 2.30. The Bertz CT molecular complexity index is 2350. The van der Waals surface area contributed by atoms with Crippen LogP contribution in [0.5, 0.6) is 0 Å². The average molecular weight is 696 g/mol. The fourth-order valence-corrected chi connectivity index (χ4v) is 7.52. The molecule has 0 bridgehead atoms. The van der Waals surface area contributed by atoms with E-state index in [1.165, 1.54) is 50.3 Å². The summed E-state index contributed by atoms with van der Waals surface area (Å²) in [4.78, 5) is 2.46. The first-order chi connectivity index (χ1) is 25.7. The monoisotopic (exact) mass is 695 g/mol. The van der Waals surface area contributed by atoms with Gasteiger partial charge in [-0.2, -0.15) is 0 Å². The van der Waals surface area contributed by atoms with Gasteiger partial charge in [0.05, 0.1) is 0 Å². The molecule has 0 radical (unpaired) electrons. The summed E-state index contributed by atoms with van der Waals surface area (Å²) in [5.74, 6) is 0.219. The van der Waals surface area contributed by atoms with Gasteiger partial charge in [-0.05, 0) is 110 Å². The molecular formula is C51H53NO. The van der Waals surface area contributed by atoms with Crippen LogP contribution in [0.4, 0.5) is 11.4 Å². The predicted octanol–water partition coefficient (Wildman–Crippen LogP) is 15.3. The number of rotatable bonds is 9. The molecule has 7 rings (SSSR count). The minimum absolute atomic E-state index is 0.0736. The zero-order valence-electron chi connectivity index (χ0n) is 32.7. The number of hydrogen-bond acceptors (Lipinski definition) is 2. The molecule has 5 aromatic carbocycles. The van der Waals surface area contributed by atoms with Crippen LogP contribution in [0.25, 0.3) is 44.2 Å². The molecule has 268 valence electrons. The van der Waals surface area contributed by atoms with Crippen molar-refractivity contribution in [1.82, 2.24) is 0 Å². The van der Waals surface area contributed by atoms with Crippen LogP contribution < -0.4 is 4.90 Å². The van der Waals surface area contributed by atoms with Crippen LogP contribution in [0, 0.1) is 5.92 Å². The fourth-order valence-electron chi connectivity index (χ4n) is 7.52. The van der Waals surface area contributed by atoms with Gasteiger partial charge in [-0.3, -0.25) is 0 Å². The van der Waals surface area contributed by atoms with Gasteiger partial charge in [-0.15, -0.1) is 0 Å². The Hall–Kier alpha value is -5.60. The molecule has 0 saturated carbocycles. The van der Waals surface area contributed by atoms with Crippen molar-refractivity contribution in [3.63, 3.8) is 0 Å². The molecule has 0 N–H and O–H groups in total. The Morgan fingerprint density at radius 1 is 0.679 bits per heavy atom. The van der Waals surface area contributed by atoms with E-state index in [1.807, 2.05) is 50.3 Å². The normalized spacial score (nSPS) is 14.6. The maximum atomic E-state index is 6.10. The Morgan fingerprint density at radius 3 is 2.04 bits per heavy atom. The van der Waals surface area contributed by atoms with E-state index in [4.69, 9.17) is 4.42 Å². The molecular weight excluding hydrogens is 643 g/mol. The Balaban J connectivity index is 0.000000741. The second-order valence-corrected chi connectivity index (χ2v) is 14.3. The first-order valence-corrected chi connectivity index (χ1v) is 19.0. The first kappa shape index (κ1) is 37.2. The SMILES string of the molecule is C/C=C(\C(C)/C(C)=C/C=C\CC)N(c1ccc(-c2ccc3oc4ccccc4c3c2)cc1)c1ccc2c(c1)C(C)(C)c1ccccc1-2.C/C=C\C=C/C. The van der Waals surface area contributed by atoms with Crippen molar-refractivity contribution in [3.8, 4) is 22.3 Å². The van der Waals surface area contributed by atoms with E-state index in [1.54, 1.807) is 0 Å². The van der Waals surface area contributed by atoms with E-state index >= 15 is 0 Å². The van der Waals surface area contributed by atoms with Crippen LogP contribution in [0.15, 0.2) is 173 Å². The van der Waals surface area contributed by atoms with Gasteiger partial charge >= 0.3 is 0 Å². The molecule has 53 heavy (non-hydrogen) atoms. The summed E-state index contributed by atoms with van der Waals surface area (Å²) in [6, 6.07) is 39.7. The molecule has 1 atom stereocenters. The molecule has 1 heterocycles. The molecule has 0 fully saturated rings. The highest BCUT2D eigenvalue weighted by molar-refractivity contribution is 6.06. The van der Waals surface area contributed by atoms with E-state index in [2.05, 4.69) is 168 Å². The third kappa shape index (κ3) is 7.50. The highest BCUT2D eigenvalue weighted by atomic mass is 16.3. The molecule has 1 unspecified atom stereocenters. The van der Waals surface area contributed by atoms with Gasteiger partial charge in [0.2, 0.25) is 0 Å². The molecule has 1 aliphatic carbocycles. The van der Waals surface area contributed by atoms with E-state index in [-0.39, 0.29) is 11.3 Å². The number of furan rings is 1. The molecule has 1 aromatic heterocycles. The number of nitrogens with zero attached hydrogens (tertiary/aromatic N) is 1. The van der Waals surface area contributed by atoms with Gasteiger partial charge in [0, 0.05) is 39.2 Å². The number of fused-ring (bicyclic) bond motifs is 6. The highest BCUT2D eigenvalue weighted by Crippen LogP contribution is 2.50. The lowest BCUT2D eigenvalue weighted by Gasteiger charge is -2.33. The number of hydrogen-bond donors (Lipinski definition) is 0. The third-order valence-electron chi connectivity index (χ3n) is 10.6. The fraction of sp³-hybridized carbons (Fsp3) is 0.216.